The molecule has 27 heavy (non-hydrogen) atoms. The maximum atomic E-state index is 12.5. The van der Waals surface area contributed by atoms with Crippen molar-refractivity contribution in [3.8, 4) is 0 Å². The van der Waals surface area contributed by atoms with Crippen molar-refractivity contribution in [3.05, 3.63) is 30.0 Å². The van der Waals surface area contributed by atoms with E-state index in [9.17, 15) is 19.5 Å². The fraction of sp³-hybridized carbons (Fsp3) is 0.389. The molecule has 2 amide bonds. The van der Waals surface area contributed by atoms with Gasteiger partial charge >= 0.3 is 17.8 Å². The molecular weight excluding hydrogens is 354 g/mol. The van der Waals surface area contributed by atoms with E-state index in [2.05, 4.69) is 10.3 Å². The molecule has 1 aliphatic heterocycles. The number of hydrogen-bond donors (Lipinski definition) is 3. The Morgan fingerprint density at radius 1 is 1.37 bits per heavy atom. The van der Waals surface area contributed by atoms with Gasteiger partial charge in [0.05, 0.1) is 31.5 Å². The Hall–Kier alpha value is -2.91. The molecule has 9 nitrogen and oxygen atoms in total. The summed E-state index contributed by atoms with van der Waals surface area (Å²) in [6, 6.07) is 4.82. The number of carbonyl (C=O) groups is 3. The third-order valence-electron chi connectivity index (χ3n) is 4.34. The Labute approximate surface area is 155 Å². The number of anilines is 1. The van der Waals surface area contributed by atoms with Crippen LogP contribution in [-0.4, -0.2) is 71.8 Å². The lowest BCUT2D eigenvalue weighted by atomic mass is 10.1. The first-order valence-electron chi connectivity index (χ1n) is 8.49. The number of aromatic nitrogens is 1. The number of fused-ring (bicyclic) bond motifs is 1. The maximum absolute atomic E-state index is 12.5. The van der Waals surface area contributed by atoms with Gasteiger partial charge in [0.25, 0.3) is 0 Å². The summed E-state index contributed by atoms with van der Waals surface area (Å²) >= 11 is 0. The van der Waals surface area contributed by atoms with Crippen LogP contribution in [0.5, 0.6) is 0 Å². The Kier molecular flexibility index (Phi) is 5.43. The first-order chi connectivity index (χ1) is 12.9. The summed E-state index contributed by atoms with van der Waals surface area (Å²) in [6.07, 6.45) is 0.860. The van der Waals surface area contributed by atoms with Crippen LogP contribution in [0.25, 0.3) is 10.9 Å². The Balaban J connectivity index is 1.79. The quantitative estimate of drug-likeness (QED) is 0.531. The number of morpholine rings is 1. The Morgan fingerprint density at radius 3 is 2.85 bits per heavy atom. The molecule has 9 heteroatoms. The molecule has 1 fully saturated rings. The van der Waals surface area contributed by atoms with Crippen LogP contribution in [-0.2, 0) is 19.1 Å². The van der Waals surface area contributed by atoms with Gasteiger partial charge in [-0.05, 0) is 25.1 Å². The van der Waals surface area contributed by atoms with Gasteiger partial charge in [0.1, 0.15) is 0 Å². The van der Waals surface area contributed by atoms with E-state index in [4.69, 9.17) is 9.47 Å². The topological polar surface area (TPSA) is 121 Å². The first kappa shape index (κ1) is 18.9. The van der Waals surface area contributed by atoms with Gasteiger partial charge in [-0.25, -0.2) is 4.79 Å². The van der Waals surface area contributed by atoms with Crippen molar-refractivity contribution in [2.45, 2.75) is 19.1 Å². The number of aromatic amines is 1. The number of aliphatic hydroxyl groups excluding tert-OH is 1. The first-order valence-corrected chi connectivity index (χ1v) is 8.49. The highest BCUT2D eigenvalue weighted by Gasteiger charge is 2.31. The Bertz CT molecular complexity index is 877. The molecule has 1 saturated heterocycles. The zero-order chi connectivity index (χ0) is 19.6. The largest absolute Gasteiger partial charge is 0.465 e. The smallest absolute Gasteiger partial charge is 0.338 e. The minimum Gasteiger partial charge on any atom is -0.465 e. The molecule has 2 unspecified atom stereocenters. The minimum atomic E-state index is -0.831. The number of hydrogen-bond acceptors (Lipinski definition) is 6. The van der Waals surface area contributed by atoms with Gasteiger partial charge in [0.2, 0.25) is 0 Å². The number of H-pyrrole nitrogens is 1. The van der Waals surface area contributed by atoms with Gasteiger partial charge in [0, 0.05) is 35.9 Å². The molecule has 0 aliphatic carbocycles. The van der Waals surface area contributed by atoms with E-state index in [0.717, 1.165) is 0 Å². The minimum absolute atomic E-state index is 0.135. The van der Waals surface area contributed by atoms with Gasteiger partial charge < -0.3 is 29.8 Å². The van der Waals surface area contributed by atoms with Crippen LogP contribution >= 0.6 is 0 Å². The average molecular weight is 375 g/mol. The van der Waals surface area contributed by atoms with Crippen molar-refractivity contribution in [1.82, 2.24) is 9.88 Å². The molecule has 0 radical (unpaired) electrons. The van der Waals surface area contributed by atoms with Crippen LogP contribution in [0.4, 0.5) is 5.69 Å². The summed E-state index contributed by atoms with van der Waals surface area (Å²) in [6.45, 7) is 1.92. The molecule has 2 atom stereocenters. The number of esters is 1. The molecule has 3 rings (SSSR count). The van der Waals surface area contributed by atoms with E-state index in [1.807, 2.05) is 0 Å². The number of carbonyl (C=O) groups excluding carboxylic acids is 3. The van der Waals surface area contributed by atoms with Crippen LogP contribution in [0.3, 0.4) is 0 Å². The number of nitrogens with one attached hydrogen (secondary N) is 2. The second kappa shape index (κ2) is 7.77. The molecule has 0 saturated carbocycles. The van der Waals surface area contributed by atoms with Crippen molar-refractivity contribution in [1.29, 1.82) is 0 Å². The van der Waals surface area contributed by atoms with Crippen molar-refractivity contribution in [3.63, 3.8) is 0 Å². The second-order valence-electron chi connectivity index (χ2n) is 6.37. The predicted molar refractivity (Wildman–Crippen MR) is 96.3 cm³/mol. The molecule has 2 aromatic rings. The summed E-state index contributed by atoms with van der Waals surface area (Å²) in [4.78, 5) is 41.2. The SMILES string of the molecule is COC(=O)c1cc(NC(=O)C(=O)N2CC(C)OC(CO)C2)cc2[nH]ccc12. The number of methoxy groups -OCH3 is 1. The highest BCUT2D eigenvalue weighted by atomic mass is 16.5. The maximum Gasteiger partial charge on any atom is 0.338 e. The number of nitrogens with zero attached hydrogens (tertiary/aromatic N) is 1. The standard InChI is InChI=1S/C18H21N3O6/c1-10-7-21(8-12(9-22)27-10)17(24)16(23)20-11-5-14(18(25)26-2)13-3-4-19-15(13)6-11/h3-6,10,12,19,22H,7-9H2,1-2H3,(H,20,23). The van der Waals surface area contributed by atoms with Gasteiger partial charge in [-0.15, -0.1) is 0 Å². The van der Waals surface area contributed by atoms with Crippen LogP contribution in [0.15, 0.2) is 24.4 Å². The monoisotopic (exact) mass is 375 g/mol. The second-order valence-corrected chi connectivity index (χ2v) is 6.37. The van der Waals surface area contributed by atoms with Crippen LogP contribution in [0, 0.1) is 0 Å². The van der Waals surface area contributed by atoms with Crippen molar-refractivity contribution < 1.29 is 29.0 Å². The number of rotatable bonds is 3. The van der Waals surface area contributed by atoms with Crippen LogP contribution in [0.1, 0.15) is 17.3 Å². The van der Waals surface area contributed by atoms with Crippen molar-refractivity contribution >= 4 is 34.4 Å². The zero-order valence-electron chi connectivity index (χ0n) is 15.0. The van der Waals surface area contributed by atoms with Crippen LogP contribution < -0.4 is 5.32 Å². The van der Waals surface area contributed by atoms with E-state index in [1.54, 1.807) is 25.3 Å². The van der Waals surface area contributed by atoms with E-state index >= 15 is 0 Å². The van der Waals surface area contributed by atoms with E-state index < -0.39 is 23.9 Å². The van der Waals surface area contributed by atoms with Gasteiger partial charge in [-0.2, -0.15) is 0 Å². The van der Waals surface area contributed by atoms with E-state index in [-0.39, 0.29) is 31.4 Å². The van der Waals surface area contributed by atoms with Gasteiger partial charge in [-0.3, -0.25) is 9.59 Å². The third-order valence-corrected chi connectivity index (χ3v) is 4.34. The lowest BCUT2D eigenvalue weighted by Crippen LogP contribution is -2.53. The highest BCUT2D eigenvalue weighted by molar-refractivity contribution is 6.39. The molecular formula is C18H21N3O6. The van der Waals surface area contributed by atoms with Crippen molar-refractivity contribution in [2.24, 2.45) is 0 Å². The number of aliphatic hydroxyl groups is 1. The predicted octanol–water partition coefficient (Wildman–Crippen LogP) is 0.501. The van der Waals surface area contributed by atoms with Gasteiger partial charge in [0.15, 0.2) is 0 Å². The summed E-state index contributed by atoms with van der Waals surface area (Å²) in [5, 5.41) is 12.4. The summed E-state index contributed by atoms with van der Waals surface area (Å²) in [5.74, 6) is -2.10. The molecule has 3 N–H and O–H groups in total. The molecule has 2 heterocycles. The zero-order valence-corrected chi connectivity index (χ0v) is 15.0. The normalized spacial score (nSPS) is 19.7. The molecule has 0 spiro atoms. The summed E-state index contributed by atoms with van der Waals surface area (Å²) < 4.78 is 10.3. The summed E-state index contributed by atoms with van der Waals surface area (Å²) in [5.41, 5.74) is 1.20. The van der Waals surface area contributed by atoms with Crippen LogP contribution in [0.2, 0.25) is 0 Å². The number of benzene rings is 1. The molecule has 1 aromatic carbocycles. The lowest BCUT2D eigenvalue weighted by molar-refractivity contribution is -0.153. The summed E-state index contributed by atoms with van der Waals surface area (Å²) in [7, 11) is 1.27. The Morgan fingerprint density at radius 2 is 2.15 bits per heavy atom. The highest BCUT2D eigenvalue weighted by Crippen LogP contribution is 2.24. The molecule has 1 aromatic heterocycles. The van der Waals surface area contributed by atoms with Gasteiger partial charge in [-0.1, -0.05) is 0 Å². The van der Waals surface area contributed by atoms with E-state index in [1.165, 1.54) is 18.1 Å². The number of amides is 2. The average Bonchev–Trinajstić information content (AvgIpc) is 3.13. The lowest BCUT2D eigenvalue weighted by Gasteiger charge is -2.35. The third kappa shape index (κ3) is 3.93. The van der Waals surface area contributed by atoms with Crippen molar-refractivity contribution in [2.75, 3.05) is 32.1 Å². The fourth-order valence-electron chi connectivity index (χ4n) is 3.16. The number of ether oxygens (including phenoxy) is 2. The fourth-order valence-corrected chi connectivity index (χ4v) is 3.16. The van der Waals surface area contributed by atoms with E-state index in [0.29, 0.717) is 16.6 Å². The molecule has 1 aliphatic rings. The molecule has 144 valence electrons. The molecule has 0 bridgehead atoms.